The minimum atomic E-state index is -0.464. The van der Waals surface area contributed by atoms with E-state index in [1.807, 2.05) is 37.4 Å². The third kappa shape index (κ3) is 2.51. The molecule has 0 saturated carbocycles. The lowest BCUT2D eigenvalue weighted by Crippen LogP contribution is -2.31. The summed E-state index contributed by atoms with van der Waals surface area (Å²) in [4.78, 5) is 21.8. The van der Waals surface area contributed by atoms with Gasteiger partial charge in [-0.25, -0.2) is 4.68 Å². The minimum Gasteiger partial charge on any atom is -0.366 e. The Balaban J connectivity index is 1.91. The maximum absolute atomic E-state index is 12.1. The predicted molar refractivity (Wildman–Crippen MR) is 96.0 cm³/mol. The highest BCUT2D eigenvalue weighted by Crippen LogP contribution is 2.39. The first-order valence-electron chi connectivity index (χ1n) is 7.75. The molecule has 7 nitrogen and oxygen atoms in total. The Kier molecular flexibility index (Phi) is 3.61. The molecule has 0 fully saturated rings. The van der Waals surface area contributed by atoms with E-state index in [1.165, 1.54) is 0 Å². The molecule has 0 aliphatic carbocycles. The van der Waals surface area contributed by atoms with Gasteiger partial charge in [-0.2, -0.15) is 4.98 Å². The molecule has 1 amide bonds. The first-order chi connectivity index (χ1) is 12.1. The molecule has 3 aromatic heterocycles. The van der Waals surface area contributed by atoms with Crippen LogP contribution in [0, 0.1) is 6.92 Å². The molecule has 1 unspecified atom stereocenters. The van der Waals surface area contributed by atoms with Crippen LogP contribution in [-0.4, -0.2) is 25.7 Å². The Morgan fingerprint density at radius 2 is 2.04 bits per heavy atom. The molecule has 0 aromatic carbocycles. The second-order valence-corrected chi connectivity index (χ2v) is 6.79. The molecular weight excluding hydrogens is 336 g/mol. The lowest BCUT2D eigenvalue weighted by molar-refractivity contribution is -0.115. The highest BCUT2D eigenvalue weighted by atomic mass is 32.1. The van der Waals surface area contributed by atoms with Gasteiger partial charge in [0.15, 0.2) is 5.82 Å². The molecule has 4 heterocycles. The van der Waals surface area contributed by atoms with E-state index in [0.29, 0.717) is 23.0 Å². The summed E-state index contributed by atoms with van der Waals surface area (Å²) in [5.74, 6) is 0.698. The van der Waals surface area contributed by atoms with Crippen LogP contribution in [-0.2, 0) is 4.79 Å². The number of hydrogen-bond donors (Lipinski definition) is 2. The van der Waals surface area contributed by atoms with Crippen LogP contribution in [0.4, 0.5) is 5.95 Å². The average Bonchev–Trinajstić information content (AvgIpc) is 3.20. The molecule has 126 valence electrons. The molecule has 1 aliphatic rings. The molecular formula is C17H16N6OS. The normalized spacial score (nSPS) is 16.5. The fourth-order valence-corrected chi connectivity index (χ4v) is 4.02. The SMILES string of the molecule is CC1=C(C(N)=O)C(c2sccc2C)n2nc(-c3ccncc3)nc2N1. The van der Waals surface area contributed by atoms with E-state index in [2.05, 4.69) is 20.4 Å². The number of carbonyl (C=O) groups is 1. The third-order valence-corrected chi connectivity index (χ3v) is 5.28. The standard InChI is InChI=1S/C17H16N6OS/c1-9-5-8-25-14(9)13-12(15(18)24)10(2)20-17-21-16(22-23(13)17)11-3-6-19-7-4-11/h3-8,13H,1-2H3,(H2,18,24)(H,20,21,22). The summed E-state index contributed by atoms with van der Waals surface area (Å²) in [6.45, 7) is 3.85. The number of nitrogens with two attached hydrogens (primary N) is 1. The second kappa shape index (κ2) is 5.82. The van der Waals surface area contributed by atoms with Crippen molar-refractivity contribution in [1.82, 2.24) is 19.7 Å². The summed E-state index contributed by atoms with van der Waals surface area (Å²) in [6.07, 6.45) is 3.39. The summed E-state index contributed by atoms with van der Waals surface area (Å²) in [7, 11) is 0. The lowest BCUT2D eigenvalue weighted by atomic mass is 9.99. The molecule has 3 aromatic rings. The molecule has 25 heavy (non-hydrogen) atoms. The van der Waals surface area contributed by atoms with Crippen molar-refractivity contribution < 1.29 is 4.79 Å². The summed E-state index contributed by atoms with van der Waals surface area (Å²) >= 11 is 1.58. The zero-order chi connectivity index (χ0) is 17.6. The van der Waals surface area contributed by atoms with Crippen molar-refractivity contribution in [2.24, 2.45) is 5.73 Å². The number of pyridine rings is 1. The van der Waals surface area contributed by atoms with E-state index >= 15 is 0 Å². The molecule has 4 rings (SSSR count). The van der Waals surface area contributed by atoms with E-state index in [0.717, 1.165) is 16.0 Å². The molecule has 1 atom stereocenters. The summed E-state index contributed by atoms with van der Waals surface area (Å²) < 4.78 is 1.74. The monoisotopic (exact) mass is 352 g/mol. The Hall–Kier alpha value is -3.00. The molecule has 1 aliphatic heterocycles. The highest BCUT2D eigenvalue weighted by molar-refractivity contribution is 7.10. The topological polar surface area (TPSA) is 98.7 Å². The van der Waals surface area contributed by atoms with Crippen LogP contribution < -0.4 is 11.1 Å². The Morgan fingerprint density at radius 3 is 2.68 bits per heavy atom. The quantitative estimate of drug-likeness (QED) is 0.754. The van der Waals surface area contributed by atoms with Gasteiger partial charge in [-0.1, -0.05) is 0 Å². The lowest BCUT2D eigenvalue weighted by Gasteiger charge is -2.27. The zero-order valence-electron chi connectivity index (χ0n) is 13.7. The van der Waals surface area contributed by atoms with Gasteiger partial charge in [-0.15, -0.1) is 16.4 Å². The van der Waals surface area contributed by atoms with Gasteiger partial charge < -0.3 is 11.1 Å². The van der Waals surface area contributed by atoms with E-state index in [4.69, 9.17) is 5.73 Å². The van der Waals surface area contributed by atoms with Crippen molar-refractivity contribution in [3.8, 4) is 11.4 Å². The molecule has 8 heteroatoms. The van der Waals surface area contributed by atoms with Crippen LogP contribution >= 0.6 is 11.3 Å². The molecule has 3 N–H and O–H groups in total. The van der Waals surface area contributed by atoms with Crippen molar-refractivity contribution in [3.63, 3.8) is 0 Å². The number of primary amides is 1. The van der Waals surface area contributed by atoms with Gasteiger partial charge in [0.05, 0.1) is 5.57 Å². The first kappa shape index (κ1) is 15.5. The smallest absolute Gasteiger partial charge is 0.248 e. The van der Waals surface area contributed by atoms with E-state index in [1.54, 1.807) is 28.4 Å². The van der Waals surface area contributed by atoms with Crippen molar-refractivity contribution in [2.75, 3.05) is 5.32 Å². The number of thiophene rings is 1. The number of rotatable bonds is 3. The van der Waals surface area contributed by atoms with Gasteiger partial charge in [0, 0.05) is 28.5 Å². The van der Waals surface area contributed by atoms with Gasteiger partial charge in [0.2, 0.25) is 11.9 Å². The Labute approximate surface area is 148 Å². The van der Waals surface area contributed by atoms with E-state index in [9.17, 15) is 4.79 Å². The number of aromatic nitrogens is 4. The average molecular weight is 352 g/mol. The van der Waals surface area contributed by atoms with E-state index < -0.39 is 5.91 Å². The molecule has 0 bridgehead atoms. The second-order valence-electron chi connectivity index (χ2n) is 5.84. The number of anilines is 1. The van der Waals surface area contributed by atoms with Gasteiger partial charge in [-0.05, 0) is 43.0 Å². The van der Waals surface area contributed by atoms with Gasteiger partial charge >= 0.3 is 0 Å². The predicted octanol–water partition coefficient (Wildman–Crippen LogP) is 2.48. The summed E-state index contributed by atoms with van der Waals surface area (Å²) in [6, 6.07) is 5.34. The molecule has 0 saturated heterocycles. The number of fused-ring (bicyclic) bond motifs is 1. The van der Waals surface area contributed by atoms with Crippen LogP contribution in [0.3, 0.4) is 0 Å². The number of amides is 1. The maximum Gasteiger partial charge on any atom is 0.248 e. The van der Waals surface area contributed by atoms with Crippen LogP contribution in [0.5, 0.6) is 0 Å². The summed E-state index contributed by atoms with van der Waals surface area (Å²) in [5, 5.41) is 9.80. The van der Waals surface area contributed by atoms with Crippen LogP contribution in [0.15, 0.2) is 47.2 Å². The fraction of sp³-hybridized carbons (Fsp3) is 0.176. The van der Waals surface area contributed by atoms with Crippen LogP contribution in [0.25, 0.3) is 11.4 Å². The number of nitrogens with zero attached hydrogens (tertiary/aromatic N) is 4. The zero-order valence-corrected chi connectivity index (χ0v) is 14.5. The number of allylic oxidation sites excluding steroid dienone is 1. The van der Waals surface area contributed by atoms with Crippen molar-refractivity contribution in [1.29, 1.82) is 0 Å². The molecule has 0 radical (unpaired) electrons. The maximum atomic E-state index is 12.1. The van der Waals surface area contributed by atoms with Gasteiger partial charge in [-0.3, -0.25) is 9.78 Å². The van der Waals surface area contributed by atoms with Crippen molar-refractivity contribution in [2.45, 2.75) is 19.9 Å². The minimum absolute atomic E-state index is 0.378. The number of hydrogen-bond acceptors (Lipinski definition) is 6. The van der Waals surface area contributed by atoms with Gasteiger partial charge in [0.1, 0.15) is 6.04 Å². The largest absolute Gasteiger partial charge is 0.366 e. The fourth-order valence-electron chi connectivity index (χ4n) is 3.00. The van der Waals surface area contributed by atoms with Crippen molar-refractivity contribution in [3.05, 3.63) is 57.7 Å². The summed E-state index contributed by atoms with van der Waals surface area (Å²) in [5.41, 5.74) is 8.83. The number of carbonyl (C=O) groups excluding carboxylic acids is 1. The number of nitrogens with one attached hydrogen (secondary N) is 1. The van der Waals surface area contributed by atoms with E-state index in [-0.39, 0.29) is 6.04 Å². The number of aryl methyl sites for hydroxylation is 1. The van der Waals surface area contributed by atoms with Crippen LogP contribution in [0.2, 0.25) is 0 Å². The van der Waals surface area contributed by atoms with Crippen LogP contribution in [0.1, 0.15) is 23.4 Å². The first-order valence-corrected chi connectivity index (χ1v) is 8.62. The third-order valence-electron chi connectivity index (χ3n) is 4.21. The Bertz CT molecular complexity index is 988. The van der Waals surface area contributed by atoms with Crippen molar-refractivity contribution >= 4 is 23.2 Å². The van der Waals surface area contributed by atoms with Gasteiger partial charge in [0.25, 0.3) is 0 Å². The molecule has 0 spiro atoms. The highest BCUT2D eigenvalue weighted by Gasteiger charge is 2.34. The Morgan fingerprint density at radius 1 is 1.28 bits per heavy atom.